The standard InChI is InChI=1S/C24H27N5OS/c1-18-14-19(2)16-20(15-18)25-23(30)17-31-24-9-8-22(26-27-24)29-12-10-28(11-13-29)21-6-4-3-5-7-21/h3-9,14-16H,10-13,17H2,1-2H3,(H,25,30). The van der Waals surface area contributed by atoms with Gasteiger partial charge >= 0.3 is 0 Å². The van der Waals surface area contributed by atoms with Crippen molar-refractivity contribution in [3.8, 4) is 0 Å². The molecule has 1 aliphatic heterocycles. The number of para-hydroxylation sites is 1. The summed E-state index contributed by atoms with van der Waals surface area (Å²) in [4.78, 5) is 16.9. The van der Waals surface area contributed by atoms with Crippen LogP contribution in [0.5, 0.6) is 0 Å². The minimum atomic E-state index is -0.0436. The fraction of sp³-hybridized carbons (Fsp3) is 0.292. The highest BCUT2D eigenvalue weighted by Gasteiger charge is 2.18. The van der Waals surface area contributed by atoms with Crippen LogP contribution >= 0.6 is 11.8 Å². The lowest BCUT2D eigenvalue weighted by molar-refractivity contribution is -0.113. The van der Waals surface area contributed by atoms with Gasteiger partial charge in [0.1, 0.15) is 5.03 Å². The highest BCUT2D eigenvalue weighted by atomic mass is 32.2. The lowest BCUT2D eigenvalue weighted by Crippen LogP contribution is -2.46. The largest absolute Gasteiger partial charge is 0.368 e. The Kier molecular flexibility index (Phi) is 6.72. The number of carbonyl (C=O) groups is 1. The van der Waals surface area contributed by atoms with Crippen LogP contribution in [0.15, 0.2) is 65.7 Å². The summed E-state index contributed by atoms with van der Waals surface area (Å²) in [5, 5.41) is 12.4. The van der Waals surface area contributed by atoms with Gasteiger partial charge in [-0.05, 0) is 61.4 Å². The zero-order chi connectivity index (χ0) is 21.6. The summed E-state index contributed by atoms with van der Waals surface area (Å²) >= 11 is 1.40. The number of benzene rings is 2. The third kappa shape index (κ3) is 5.76. The molecule has 6 nitrogen and oxygen atoms in total. The lowest BCUT2D eigenvalue weighted by Gasteiger charge is -2.36. The topological polar surface area (TPSA) is 61.4 Å². The van der Waals surface area contributed by atoms with Crippen molar-refractivity contribution in [3.63, 3.8) is 0 Å². The maximum absolute atomic E-state index is 12.3. The summed E-state index contributed by atoms with van der Waals surface area (Å²) in [5.41, 5.74) is 4.36. The van der Waals surface area contributed by atoms with Crippen LogP contribution in [-0.2, 0) is 4.79 Å². The predicted octanol–water partition coefficient (Wildman–Crippen LogP) is 4.15. The molecule has 4 rings (SSSR count). The van der Waals surface area contributed by atoms with E-state index in [4.69, 9.17) is 0 Å². The molecule has 1 amide bonds. The molecule has 0 atom stereocenters. The minimum absolute atomic E-state index is 0.0436. The monoisotopic (exact) mass is 433 g/mol. The third-order valence-corrected chi connectivity index (χ3v) is 6.13. The van der Waals surface area contributed by atoms with Gasteiger partial charge in [0, 0.05) is 37.6 Å². The highest BCUT2D eigenvalue weighted by Crippen LogP contribution is 2.21. The van der Waals surface area contributed by atoms with E-state index in [2.05, 4.69) is 55.6 Å². The average Bonchev–Trinajstić information content (AvgIpc) is 2.78. The lowest BCUT2D eigenvalue weighted by atomic mass is 10.1. The molecule has 31 heavy (non-hydrogen) atoms. The zero-order valence-corrected chi connectivity index (χ0v) is 18.7. The number of hydrogen-bond donors (Lipinski definition) is 1. The van der Waals surface area contributed by atoms with Crippen LogP contribution in [0.25, 0.3) is 0 Å². The number of hydrogen-bond acceptors (Lipinski definition) is 6. The molecule has 0 bridgehead atoms. The van der Waals surface area contributed by atoms with Gasteiger partial charge in [-0.2, -0.15) is 0 Å². The summed E-state index contributed by atoms with van der Waals surface area (Å²) in [6, 6.07) is 20.5. The molecule has 7 heteroatoms. The quantitative estimate of drug-likeness (QED) is 0.589. The fourth-order valence-electron chi connectivity index (χ4n) is 3.77. The molecular formula is C24H27N5OS. The number of thioether (sulfide) groups is 1. The molecule has 1 aromatic heterocycles. The normalized spacial score (nSPS) is 13.9. The Labute approximate surface area is 187 Å². The number of nitrogens with one attached hydrogen (secondary N) is 1. The van der Waals surface area contributed by atoms with E-state index in [9.17, 15) is 4.79 Å². The smallest absolute Gasteiger partial charge is 0.234 e. The molecule has 2 heterocycles. The Morgan fingerprint density at radius 2 is 1.58 bits per heavy atom. The van der Waals surface area contributed by atoms with Crippen molar-refractivity contribution >= 4 is 34.9 Å². The zero-order valence-electron chi connectivity index (χ0n) is 17.9. The van der Waals surface area contributed by atoms with E-state index in [1.807, 2.05) is 44.2 Å². The van der Waals surface area contributed by atoms with Crippen LogP contribution in [0.4, 0.5) is 17.2 Å². The summed E-state index contributed by atoms with van der Waals surface area (Å²) in [5.74, 6) is 1.14. The van der Waals surface area contributed by atoms with Crippen molar-refractivity contribution in [3.05, 3.63) is 71.8 Å². The number of anilines is 3. The molecule has 1 aliphatic rings. The van der Waals surface area contributed by atoms with Crippen LogP contribution in [0.3, 0.4) is 0 Å². The molecule has 1 N–H and O–H groups in total. The number of piperazine rings is 1. The van der Waals surface area contributed by atoms with Gasteiger partial charge in [0.15, 0.2) is 5.82 Å². The van der Waals surface area contributed by atoms with Crippen molar-refractivity contribution in [1.82, 2.24) is 10.2 Å². The van der Waals surface area contributed by atoms with Crippen LogP contribution in [-0.4, -0.2) is 48.0 Å². The van der Waals surface area contributed by atoms with Gasteiger partial charge in [-0.25, -0.2) is 0 Å². The van der Waals surface area contributed by atoms with E-state index in [0.717, 1.165) is 53.8 Å². The second-order valence-corrected chi connectivity index (χ2v) is 8.75. The minimum Gasteiger partial charge on any atom is -0.368 e. The van der Waals surface area contributed by atoms with E-state index >= 15 is 0 Å². The molecule has 3 aromatic rings. The summed E-state index contributed by atoms with van der Waals surface area (Å²) < 4.78 is 0. The van der Waals surface area contributed by atoms with E-state index in [-0.39, 0.29) is 5.91 Å². The number of carbonyl (C=O) groups excluding carboxylic acids is 1. The third-order valence-electron chi connectivity index (χ3n) is 5.21. The SMILES string of the molecule is Cc1cc(C)cc(NC(=O)CSc2ccc(N3CCN(c4ccccc4)CC3)nn2)c1. The second-order valence-electron chi connectivity index (χ2n) is 7.75. The van der Waals surface area contributed by atoms with Crippen molar-refractivity contribution in [2.75, 3.05) is 47.0 Å². The molecule has 0 aliphatic carbocycles. The van der Waals surface area contributed by atoms with Crippen LogP contribution in [0.2, 0.25) is 0 Å². The molecule has 2 aromatic carbocycles. The highest BCUT2D eigenvalue weighted by molar-refractivity contribution is 7.99. The predicted molar refractivity (Wildman–Crippen MR) is 128 cm³/mol. The molecule has 160 valence electrons. The van der Waals surface area contributed by atoms with Crippen molar-refractivity contribution < 1.29 is 4.79 Å². The van der Waals surface area contributed by atoms with Crippen molar-refractivity contribution in [1.29, 1.82) is 0 Å². The van der Waals surface area contributed by atoms with Gasteiger partial charge in [0.05, 0.1) is 5.75 Å². The first-order chi connectivity index (χ1) is 15.1. The van der Waals surface area contributed by atoms with Crippen LogP contribution in [0, 0.1) is 13.8 Å². The molecule has 0 spiro atoms. The average molecular weight is 434 g/mol. The maximum Gasteiger partial charge on any atom is 0.234 e. The number of amides is 1. The maximum atomic E-state index is 12.3. The van der Waals surface area contributed by atoms with Gasteiger partial charge in [-0.15, -0.1) is 10.2 Å². The number of aryl methyl sites for hydroxylation is 2. The Balaban J connectivity index is 1.26. The number of nitrogens with zero attached hydrogens (tertiary/aromatic N) is 4. The second kappa shape index (κ2) is 9.83. The van der Waals surface area contributed by atoms with Gasteiger partial charge in [-0.3, -0.25) is 4.79 Å². The van der Waals surface area contributed by atoms with Crippen molar-refractivity contribution in [2.45, 2.75) is 18.9 Å². The molecule has 1 saturated heterocycles. The van der Waals surface area contributed by atoms with E-state index in [0.29, 0.717) is 5.75 Å². The Hall–Kier alpha value is -3.06. The van der Waals surface area contributed by atoms with E-state index in [1.54, 1.807) is 0 Å². The Bertz CT molecular complexity index is 998. The van der Waals surface area contributed by atoms with Crippen LogP contribution in [0.1, 0.15) is 11.1 Å². The van der Waals surface area contributed by atoms with Crippen LogP contribution < -0.4 is 15.1 Å². The number of aromatic nitrogens is 2. The summed E-state index contributed by atoms with van der Waals surface area (Å²) in [6.45, 7) is 7.79. The first-order valence-corrected chi connectivity index (χ1v) is 11.4. The summed E-state index contributed by atoms with van der Waals surface area (Å²) in [6.07, 6.45) is 0. The van der Waals surface area contributed by atoms with Crippen molar-refractivity contribution in [2.24, 2.45) is 0 Å². The molecule has 0 saturated carbocycles. The molecular weight excluding hydrogens is 406 g/mol. The van der Waals surface area contributed by atoms with Gasteiger partial charge in [-0.1, -0.05) is 36.0 Å². The van der Waals surface area contributed by atoms with E-state index < -0.39 is 0 Å². The molecule has 0 unspecified atom stereocenters. The molecule has 1 fully saturated rings. The first kappa shape index (κ1) is 21.2. The summed E-state index contributed by atoms with van der Waals surface area (Å²) in [7, 11) is 0. The Morgan fingerprint density at radius 1 is 0.903 bits per heavy atom. The first-order valence-electron chi connectivity index (χ1n) is 10.5. The number of rotatable bonds is 6. The Morgan fingerprint density at radius 3 is 2.23 bits per heavy atom. The van der Waals surface area contributed by atoms with Gasteiger partial charge in [0.2, 0.25) is 5.91 Å². The van der Waals surface area contributed by atoms with E-state index in [1.165, 1.54) is 17.4 Å². The fourth-order valence-corrected chi connectivity index (χ4v) is 4.39. The molecule has 0 radical (unpaired) electrons. The van der Waals surface area contributed by atoms with Gasteiger partial charge in [0.25, 0.3) is 0 Å². The van der Waals surface area contributed by atoms with Gasteiger partial charge < -0.3 is 15.1 Å².